The van der Waals surface area contributed by atoms with Gasteiger partial charge in [-0.05, 0) is 40.9 Å². The molecule has 0 fully saturated rings. The summed E-state index contributed by atoms with van der Waals surface area (Å²) >= 11 is 2.35. The summed E-state index contributed by atoms with van der Waals surface area (Å²) in [6.07, 6.45) is 1.20. The summed E-state index contributed by atoms with van der Waals surface area (Å²) in [6.45, 7) is 9.55. The lowest BCUT2D eigenvalue weighted by Crippen LogP contribution is -2.47. The van der Waals surface area contributed by atoms with E-state index in [1.807, 2.05) is 34.0 Å². The second-order valence-electron chi connectivity index (χ2n) is 5.13. The molecule has 0 aromatic rings. The Morgan fingerprint density at radius 3 is 1.95 bits per heavy atom. The molecule has 0 rings (SSSR count). The molecule has 0 saturated heterocycles. The molecule has 128 valence electrons. The van der Waals surface area contributed by atoms with E-state index in [1.165, 1.54) is 27.4 Å². The highest BCUT2D eigenvalue weighted by Crippen LogP contribution is 2.18. The van der Waals surface area contributed by atoms with Crippen LogP contribution in [0.3, 0.4) is 0 Å². The van der Waals surface area contributed by atoms with Crippen LogP contribution in [-0.2, 0) is 4.84 Å². The lowest BCUT2D eigenvalue weighted by atomic mass is 10.2. The van der Waals surface area contributed by atoms with Crippen molar-refractivity contribution >= 4 is 41.1 Å². The van der Waals surface area contributed by atoms with Crippen molar-refractivity contribution in [3.8, 4) is 0 Å². The molecule has 0 heterocycles. The van der Waals surface area contributed by atoms with Crippen LogP contribution in [0.5, 0.6) is 0 Å². The highest BCUT2D eigenvalue weighted by molar-refractivity contribution is 8.13. The number of oxime groups is 1. The first-order chi connectivity index (χ1) is 10.1. The van der Waals surface area contributed by atoms with Crippen molar-refractivity contribution in [1.82, 2.24) is 13.5 Å². The van der Waals surface area contributed by atoms with Crippen molar-refractivity contribution in [3.05, 3.63) is 0 Å². The summed E-state index contributed by atoms with van der Waals surface area (Å²) in [7, 11) is 3.14. The van der Waals surface area contributed by atoms with Gasteiger partial charge < -0.3 is 4.90 Å². The van der Waals surface area contributed by atoms with Crippen molar-refractivity contribution in [3.63, 3.8) is 0 Å². The Kier molecular flexibility index (Phi) is 9.34. The van der Waals surface area contributed by atoms with Crippen molar-refractivity contribution in [2.75, 3.05) is 20.4 Å². The van der Waals surface area contributed by atoms with E-state index in [1.54, 1.807) is 18.9 Å². The summed E-state index contributed by atoms with van der Waals surface area (Å²) in [4.78, 5) is 30.7. The molecule has 0 aromatic carbocycles. The molecular formula is C13H26N4O3S2. The Labute approximate surface area is 141 Å². The minimum Gasteiger partial charge on any atom is -0.319 e. The number of carbonyl (C=O) groups excluding carboxylic acids is 2. The van der Waals surface area contributed by atoms with E-state index in [2.05, 4.69) is 5.16 Å². The molecule has 0 spiro atoms. The zero-order valence-corrected chi connectivity index (χ0v) is 16.1. The largest absolute Gasteiger partial charge is 0.447 e. The zero-order valence-electron chi connectivity index (χ0n) is 14.5. The number of thioether (sulfide) groups is 1. The van der Waals surface area contributed by atoms with Crippen molar-refractivity contribution in [2.24, 2.45) is 5.16 Å². The maximum absolute atomic E-state index is 12.4. The minimum absolute atomic E-state index is 0.0710. The molecule has 0 unspecified atom stereocenters. The average molecular weight is 351 g/mol. The lowest BCUT2D eigenvalue weighted by molar-refractivity contribution is 0.135. The normalized spacial score (nSPS) is 11.6. The molecule has 0 saturated carbocycles. The van der Waals surface area contributed by atoms with Gasteiger partial charge in [0.05, 0.1) is 12.1 Å². The third-order valence-corrected chi connectivity index (χ3v) is 4.11. The Morgan fingerprint density at radius 1 is 1.05 bits per heavy atom. The number of urea groups is 1. The second-order valence-corrected chi connectivity index (χ2v) is 7.38. The first kappa shape index (κ1) is 20.9. The standard InChI is InChI=1S/C13H26N4O3S2/c1-9(2)17(10(3)4)12(18)15(6)22-16(7)13(19)20-14-11(5)21-8/h9-10H,1-8H3/b14-11-. The first-order valence-electron chi connectivity index (χ1n) is 6.89. The number of nitrogens with zero attached hydrogens (tertiary/aromatic N) is 4. The third kappa shape index (κ3) is 6.78. The van der Waals surface area contributed by atoms with Crippen molar-refractivity contribution in [2.45, 2.75) is 46.7 Å². The average Bonchev–Trinajstić information content (AvgIpc) is 2.42. The molecule has 9 heteroatoms. The van der Waals surface area contributed by atoms with Gasteiger partial charge in [-0.3, -0.25) is 9.14 Å². The summed E-state index contributed by atoms with van der Waals surface area (Å²) in [5.74, 6) is 0. The monoisotopic (exact) mass is 350 g/mol. The summed E-state index contributed by atoms with van der Waals surface area (Å²) < 4.78 is 2.61. The molecule has 0 aromatic heterocycles. The Balaban J connectivity index is 4.66. The summed E-state index contributed by atoms with van der Waals surface area (Å²) in [5.41, 5.74) is 0. The lowest BCUT2D eigenvalue weighted by Gasteiger charge is -2.34. The molecule has 0 aliphatic carbocycles. The number of hydrogen-bond donors (Lipinski definition) is 0. The van der Waals surface area contributed by atoms with Crippen LogP contribution in [0.4, 0.5) is 9.59 Å². The van der Waals surface area contributed by atoms with Crippen molar-refractivity contribution < 1.29 is 14.4 Å². The van der Waals surface area contributed by atoms with Crippen LogP contribution in [0.1, 0.15) is 34.6 Å². The molecule has 0 radical (unpaired) electrons. The zero-order chi connectivity index (χ0) is 17.4. The van der Waals surface area contributed by atoms with E-state index in [9.17, 15) is 9.59 Å². The molecule has 0 aliphatic rings. The molecule has 0 N–H and O–H groups in total. The van der Waals surface area contributed by atoms with E-state index in [0.29, 0.717) is 5.04 Å². The highest BCUT2D eigenvalue weighted by atomic mass is 32.2. The van der Waals surface area contributed by atoms with Gasteiger partial charge >= 0.3 is 12.1 Å². The summed E-state index contributed by atoms with van der Waals surface area (Å²) in [5, 5.41) is 4.31. The molecule has 0 bridgehead atoms. The number of rotatable bonds is 5. The van der Waals surface area contributed by atoms with E-state index in [-0.39, 0.29) is 18.1 Å². The van der Waals surface area contributed by atoms with Gasteiger partial charge in [-0.2, -0.15) is 0 Å². The van der Waals surface area contributed by atoms with Crippen LogP contribution in [0.15, 0.2) is 5.16 Å². The van der Waals surface area contributed by atoms with Crippen LogP contribution in [0.25, 0.3) is 0 Å². The van der Waals surface area contributed by atoms with Gasteiger partial charge in [0.25, 0.3) is 0 Å². The maximum Gasteiger partial charge on any atom is 0.447 e. The third-order valence-electron chi connectivity index (χ3n) is 2.65. The Bertz CT molecular complexity index is 408. The predicted molar refractivity (Wildman–Crippen MR) is 93.7 cm³/mol. The topological polar surface area (TPSA) is 65.5 Å². The van der Waals surface area contributed by atoms with Crippen LogP contribution in [0.2, 0.25) is 0 Å². The van der Waals surface area contributed by atoms with Crippen LogP contribution in [-0.4, -0.2) is 63.1 Å². The van der Waals surface area contributed by atoms with Gasteiger partial charge in [-0.15, -0.1) is 11.8 Å². The number of amides is 3. The molecule has 0 aliphatic heterocycles. The van der Waals surface area contributed by atoms with Gasteiger partial charge in [-0.1, -0.05) is 5.16 Å². The smallest absolute Gasteiger partial charge is 0.319 e. The molecule has 0 atom stereocenters. The van der Waals surface area contributed by atoms with Gasteiger partial charge in [-0.25, -0.2) is 13.9 Å². The quantitative estimate of drug-likeness (QED) is 0.250. The van der Waals surface area contributed by atoms with E-state index < -0.39 is 6.09 Å². The predicted octanol–water partition coefficient (Wildman–Crippen LogP) is 3.49. The minimum atomic E-state index is -0.640. The fourth-order valence-corrected chi connectivity index (χ4v) is 2.39. The van der Waals surface area contributed by atoms with Crippen LogP contribution < -0.4 is 0 Å². The molecule has 3 amide bonds. The van der Waals surface area contributed by atoms with E-state index >= 15 is 0 Å². The molecular weight excluding hydrogens is 324 g/mol. The molecule has 7 nitrogen and oxygen atoms in total. The fraction of sp³-hybridized carbons (Fsp3) is 0.769. The second kappa shape index (κ2) is 9.83. The summed E-state index contributed by atoms with van der Waals surface area (Å²) in [6, 6.07) is -0.0262. The Morgan fingerprint density at radius 2 is 1.55 bits per heavy atom. The Hall–Kier alpha value is -1.09. The van der Waals surface area contributed by atoms with Gasteiger partial charge in [0.1, 0.15) is 5.04 Å². The number of carbonyl (C=O) groups is 2. The first-order valence-corrected chi connectivity index (χ1v) is 8.84. The maximum atomic E-state index is 12.4. The van der Waals surface area contributed by atoms with E-state index in [0.717, 1.165) is 12.1 Å². The van der Waals surface area contributed by atoms with Crippen LogP contribution >= 0.6 is 23.9 Å². The van der Waals surface area contributed by atoms with E-state index in [4.69, 9.17) is 4.84 Å². The number of hydrogen-bond acceptors (Lipinski definition) is 6. The van der Waals surface area contributed by atoms with Crippen molar-refractivity contribution in [1.29, 1.82) is 0 Å². The van der Waals surface area contributed by atoms with Crippen LogP contribution in [0, 0.1) is 0 Å². The van der Waals surface area contributed by atoms with Gasteiger partial charge in [0.15, 0.2) is 0 Å². The molecule has 22 heavy (non-hydrogen) atoms. The van der Waals surface area contributed by atoms with Gasteiger partial charge in [0.2, 0.25) is 0 Å². The highest BCUT2D eigenvalue weighted by Gasteiger charge is 2.26. The van der Waals surface area contributed by atoms with Gasteiger partial charge in [0, 0.05) is 26.2 Å². The fourth-order valence-electron chi connectivity index (χ4n) is 1.65. The SMILES string of the molecule is CS/C(C)=N\OC(=O)N(C)SN(C)C(=O)N(C(C)C)C(C)C.